The van der Waals surface area contributed by atoms with Crippen LogP contribution in [0.25, 0.3) is 0 Å². The van der Waals surface area contributed by atoms with E-state index in [2.05, 4.69) is 21.3 Å². The summed E-state index contributed by atoms with van der Waals surface area (Å²) >= 11 is 0. The van der Waals surface area contributed by atoms with Crippen LogP contribution in [0.2, 0.25) is 0 Å². The Labute approximate surface area is 260 Å². The van der Waals surface area contributed by atoms with E-state index in [1.807, 2.05) is 27.7 Å². The third-order valence-corrected chi connectivity index (χ3v) is 7.17. The highest BCUT2D eigenvalue weighted by Gasteiger charge is 2.37. The fourth-order valence-electron chi connectivity index (χ4n) is 4.27. The summed E-state index contributed by atoms with van der Waals surface area (Å²) in [5, 5.41) is 19.4. The molecule has 252 valence electrons. The predicted molar refractivity (Wildman–Crippen MR) is 164 cm³/mol. The SMILES string of the molecule is CN[C@@H](C)C(=O)NCC(=O)N[C@@H](CC(C)C)C(=O)N(C)[C@@H](CC(C)C)C(=O)N(C)[C@@H](C)C(=O)N[C@@H](C)C(=O)N(C)CC(=O)O. The standard InChI is InChI=1S/C29H53N7O8/c1-16(2)12-21(33-23(37)14-31-25(40)18(5)30-8)28(43)36(11)22(13-17(3)4)29(44)35(10)20(7)26(41)32-19(6)27(42)34(9)15-24(38)39/h16-22,30H,12-15H2,1-11H3,(H,31,40)(H,32,41)(H,33,37)(H,38,39)/t18-,19-,20-,21-,22-/m0/s1. The highest BCUT2D eigenvalue weighted by atomic mass is 16.4. The summed E-state index contributed by atoms with van der Waals surface area (Å²) in [6.07, 6.45) is 0.560. The molecule has 0 aromatic heterocycles. The Balaban J connectivity index is 5.79. The van der Waals surface area contributed by atoms with Gasteiger partial charge in [0.25, 0.3) is 0 Å². The van der Waals surface area contributed by atoms with E-state index in [0.29, 0.717) is 0 Å². The number of amides is 6. The molecule has 0 aromatic carbocycles. The molecule has 0 radical (unpaired) electrons. The van der Waals surface area contributed by atoms with Crippen LogP contribution in [0, 0.1) is 11.8 Å². The number of likely N-dealkylation sites (N-methyl/N-ethyl adjacent to an activating group) is 4. The first kappa shape index (κ1) is 40.2. The first-order valence-corrected chi connectivity index (χ1v) is 14.8. The molecule has 0 bridgehead atoms. The first-order chi connectivity index (χ1) is 20.2. The Hall–Kier alpha value is -3.75. The predicted octanol–water partition coefficient (Wildman–Crippen LogP) is -0.991. The Kier molecular flexibility index (Phi) is 17.2. The summed E-state index contributed by atoms with van der Waals surface area (Å²) in [5.74, 6) is -4.38. The molecule has 0 unspecified atom stereocenters. The van der Waals surface area contributed by atoms with Crippen molar-refractivity contribution in [2.45, 2.75) is 91.5 Å². The van der Waals surface area contributed by atoms with Crippen molar-refractivity contribution in [1.82, 2.24) is 36.0 Å². The van der Waals surface area contributed by atoms with Gasteiger partial charge in [-0.1, -0.05) is 27.7 Å². The van der Waals surface area contributed by atoms with Crippen molar-refractivity contribution in [3.8, 4) is 0 Å². The van der Waals surface area contributed by atoms with Gasteiger partial charge in [-0.2, -0.15) is 0 Å². The van der Waals surface area contributed by atoms with Crippen LogP contribution >= 0.6 is 0 Å². The molecule has 0 spiro atoms. The summed E-state index contributed by atoms with van der Waals surface area (Å²) in [6.45, 7) is 11.2. The monoisotopic (exact) mass is 627 g/mol. The minimum Gasteiger partial charge on any atom is -0.480 e. The highest BCUT2D eigenvalue weighted by molar-refractivity contribution is 5.96. The number of carboxylic acid groups (broad SMARTS) is 1. The van der Waals surface area contributed by atoms with E-state index in [9.17, 15) is 33.6 Å². The van der Waals surface area contributed by atoms with Gasteiger partial charge in [-0.15, -0.1) is 0 Å². The number of carbonyl (C=O) groups excluding carboxylic acids is 6. The molecule has 0 aliphatic rings. The third-order valence-electron chi connectivity index (χ3n) is 7.17. The Morgan fingerprint density at radius 3 is 1.70 bits per heavy atom. The van der Waals surface area contributed by atoms with Gasteiger partial charge in [0, 0.05) is 21.1 Å². The zero-order chi connectivity index (χ0) is 34.5. The van der Waals surface area contributed by atoms with Gasteiger partial charge < -0.3 is 41.1 Å². The quantitative estimate of drug-likeness (QED) is 0.127. The fourth-order valence-corrected chi connectivity index (χ4v) is 4.27. The second-order valence-corrected chi connectivity index (χ2v) is 12.0. The Morgan fingerprint density at radius 1 is 0.682 bits per heavy atom. The highest BCUT2D eigenvalue weighted by Crippen LogP contribution is 2.17. The summed E-state index contributed by atoms with van der Waals surface area (Å²) in [6, 6.07) is -4.51. The van der Waals surface area contributed by atoms with E-state index >= 15 is 0 Å². The van der Waals surface area contributed by atoms with Crippen molar-refractivity contribution in [3.63, 3.8) is 0 Å². The lowest BCUT2D eigenvalue weighted by molar-refractivity contribution is -0.149. The van der Waals surface area contributed by atoms with E-state index in [-0.39, 0.29) is 37.1 Å². The summed E-state index contributed by atoms with van der Waals surface area (Å²) < 4.78 is 0. The summed E-state index contributed by atoms with van der Waals surface area (Å²) in [7, 11) is 5.81. The smallest absolute Gasteiger partial charge is 0.323 e. The van der Waals surface area contributed by atoms with E-state index in [1.165, 1.54) is 44.8 Å². The maximum Gasteiger partial charge on any atom is 0.323 e. The van der Waals surface area contributed by atoms with Crippen LogP contribution in [0.3, 0.4) is 0 Å². The van der Waals surface area contributed by atoms with Crippen LogP contribution in [0.1, 0.15) is 61.3 Å². The minimum atomic E-state index is -1.20. The van der Waals surface area contributed by atoms with Gasteiger partial charge in [-0.25, -0.2) is 0 Å². The largest absolute Gasteiger partial charge is 0.480 e. The van der Waals surface area contributed by atoms with Gasteiger partial charge in [0.2, 0.25) is 35.4 Å². The van der Waals surface area contributed by atoms with Gasteiger partial charge >= 0.3 is 5.97 Å². The molecule has 6 amide bonds. The normalized spacial score (nSPS) is 14.5. The molecule has 5 N–H and O–H groups in total. The number of carbonyl (C=O) groups is 7. The molecule has 0 aliphatic carbocycles. The van der Waals surface area contributed by atoms with Crippen LogP contribution in [-0.2, 0) is 33.6 Å². The van der Waals surface area contributed by atoms with Crippen molar-refractivity contribution >= 4 is 41.4 Å². The lowest BCUT2D eigenvalue weighted by Gasteiger charge is -2.36. The maximum absolute atomic E-state index is 13.7. The first-order valence-electron chi connectivity index (χ1n) is 14.8. The lowest BCUT2D eigenvalue weighted by Crippen LogP contribution is -2.58. The minimum absolute atomic E-state index is 0.0123. The summed E-state index contributed by atoms with van der Waals surface area (Å²) in [4.78, 5) is 91.9. The second-order valence-electron chi connectivity index (χ2n) is 12.0. The van der Waals surface area contributed by atoms with E-state index in [4.69, 9.17) is 5.11 Å². The molecular weight excluding hydrogens is 574 g/mol. The second kappa shape index (κ2) is 18.8. The van der Waals surface area contributed by atoms with Crippen molar-refractivity contribution in [2.75, 3.05) is 41.3 Å². The maximum atomic E-state index is 13.7. The molecule has 0 heterocycles. The zero-order valence-corrected chi connectivity index (χ0v) is 28.0. The number of hydrogen-bond donors (Lipinski definition) is 5. The zero-order valence-electron chi connectivity index (χ0n) is 28.0. The molecule has 15 nitrogen and oxygen atoms in total. The van der Waals surface area contributed by atoms with E-state index in [1.54, 1.807) is 14.0 Å². The van der Waals surface area contributed by atoms with Crippen molar-refractivity contribution in [2.24, 2.45) is 11.8 Å². The number of rotatable bonds is 18. The number of nitrogens with one attached hydrogen (secondary N) is 4. The van der Waals surface area contributed by atoms with Crippen LogP contribution in [0.5, 0.6) is 0 Å². The molecule has 44 heavy (non-hydrogen) atoms. The molecule has 0 aliphatic heterocycles. The molecular formula is C29H53N7O8. The van der Waals surface area contributed by atoms with Crippen molar-refractivity contribution < 1.29 is 38.7 Å². The molecule has 0 fully saturated rings. The summed E-state index contributed by atoms with van der Waals surface area (Å²) in [5.41, 5.74) is 0. The van der Waals surface area contributed by atoms with Gasteiger partial charge in [-0.05, 0) is 52.5 Å². The van der Waals surface area contributed by atoms with Crippen LogP contribution in [0.15, 0.2) is 0 Å². The molecule has 15 heteroatoms. The topological polar surface area (TPSA) is 198 Å². The van der Waals surface area contributed by atoms with Crippen LogP contribution in [0.4, 0.5) is 0 Å². The average molecular weight is 628 g/mol. The Bertz CT molecular complexity index is 1040. The van der Waals surface area contributed by atoms with Crippen molar-refractivity contribution in [1.29, 1.82) is 0 Å². The molecule has 0 aromatic rings. The van der Waals surface area contributed by atoms with Gasteiger partial charge in [-0.3, -0.25) is 33.6 Å². The fraction of sp³-hybridized carbons (Fsp3) is 0.759. The van der Waals surface area contributed by atoms with Crippen LogP contribution in [-0.4, -0.2) is 133 Å². The van der Waals surface area contributed by atoms with Gasteiger partial charge in [0.05, 0.1) is 12.6 Å². The van der Waals surface area contributed by atoms with E-state index in [0.717, 1.165) is 4.90 Å². The molecule has 0 rings (SSSR count). The van der Waals surface area contributed by atoms with Crippen LogP contribution < -0.4 is 21.3 Å². The lowest BCUT2D eigenvalue weighted by atomic mass is 9.98. The van der Waals surface area contributed by atoms with E-state index < -0.39 is 72.3 Å². The number of nitrogens with zero attached hydrogens (tertiary/aromatic N) is 3. The number of aliphatic carboxylic acids is 1. The number of hydrogen-bond acceptors (Lipinski definition) is 8. The van der Waals surface area contributed by atoms with Gasteiger partial charge in [0.1, 0.15) is 30.7 Å². The Morgan fingerprint density at radius 2 is 1.23 bits per heavy atom. The molecule has 5 atom stereocenters. The van der Waals surface area contributed by atoms with Crippen molar-refractivity contribution in [3.05, 3.63) is 0 Å². The number of carboxylic acids is 1. The average Bonchev–Trinajstić information content (AvgIpc) is 2.94. The van der Waals surface area contributed by atoms with Gasteiger partial charge in [0.15, 0.2) is 0 Å². The molecule has 0 saturated heterocycles. The third kappa shape index (κ3) is 13.3. The molecule has 0 saturated carbocycles.